The molecule has 1 radical (unpaired) electrons. The van der Waals surface area contributed by atoms with Gasteiger partial charge < -0.3 is 9.97 Å². The second-order valence-electron chi connectivity index (χ2n) is 13.8. The van der Waals surface area contributed by atoms with Gasteiger partial charge in [-0.1, -0.05) is 101 Å². The van der Waals surface area contributed by atoms with Crippen molar-refractivity contribution >= 4 is 50.9 Å². The van der Waals surface area contributed by atoms with Gasteiger partial charge in [0.2, 0.25) is 0 Å². The van der Waals surface area contributed by atoms with Gasteiger partial charge in [0.15, 0.2) is 0 Å². The zero-order valence-electron chi connectivity index (χ0n) is 25.8. The smallest absolute Gasteiger partial charge is 0.0932 e. The second-order valence-corrected chi connectivity index (χ2v) is 18.1. The molecule has 0 spiro atoms. The molecule has 0 N–H and O–H groups in total. The van der Waals surface area contributed by atoms with Gasteiger partial charge in [0.1, 0.15) is 0 Å². The molecule has 4 aromatic carbocycles. The third kappa shape index (κ3) is 5.15. The molecule has 0 saturated heterocycles. The molecule has 7 rings (SSSR count). The molecule has 0 atom stereocenters. The monoisotopic (exact) mass is 743 g/mol. The van der Waals surface area contributed by atoms with E-state index in [9.17, 15) is 0 Å². The van der Waals surface area contributed by atoms with Crippen LogP contribution < -0.4 is 10.4 Å². The van der Waals surface area contributed by atoms with Gasteiger partial charge in [-0.15, -0.1) is 64.2 Å². The van der Waals surface area contributed by atoms with E-state index in [0.717, 1.165) is 16.8 Å². The molecule has 1 aliphatic heterocycles. The summed E-state index contributed by atoms with van der Waals surface area (Å²) in [6, 6.07) is 32.8. The van der Waals surface area contributed by atoms with Crippen LogP contribution in [-0.2, 0) is 30.9 Å². The zero-order chi connectivity index (χ0) is 29.2. The Hall–Kier alpha value is -3.17. The van der Waals surface area contributed by atoms with Gasteiger partial charge in [0.05, 0.1) is 8.07 Å². The largest absolute Gasteiger partial charge is 0.305 e. The number of nitrogens with zero attached hydrogens (tertiary/aromatic N) is 2. The molecule has 2 nitrogen and oxygen atoms in total. The summed E-state index contributed by atoms with van der Waals surface area (Å²) in [6.45, 7) is 18.3. The second kappa shape index (κ2) is 10.8. The Balaban J connectivity index is 0.000000164. The van der Waals surface area contributed by atoms with Crippen LogP contribution in [0.4, 0.5) is 0 Å². The quantitative estimate of drug-likeness (QED) is 0.0959. The van der Waals surface area contributed by atoms with E-state index in [2.05, 4.69) is 137 Å². The first kappa shape index (κ1) is 30.3. The SMILES string of the molecule is CC(C)(C)c1cc[c-]c(-c2cc(C(C)(C)C)ccn2)c1.C[Si]1(C)c2cc[c-]c3c4ncccc4c4cccc1c4c23.[Ir]. The third-order valence-electron chi connectivity index (χ3n) is 8.56. The van der Waals surface area contributed by atoms with Crippen LogP contribution in [0.15, 0.2) is 85.2 Å². The van der Waals surface area contributed by atoms with Crippen LogP contribution in [0, 0.1) is 12.1 Å². The Kier molecular flexibility index (Phi) is 7.81. The molecule has 0 bridgehead atoms. The van der Waals surface area contributed by atoms with Crippen molar-refractivity contribution in [3.05, 3.63) is 108 Å². The summed E-state index contributed by atoms with van der Waals surface area (Å²) in [5.74, 6) is 0. The van der Waals surface area contributed by atoms with Crippen molar-refractivity contribution in [2.75, 3.05) is 0 Å². The number of hydrogen-bond donors (Lipinski definition) is 0. The standard InChI is InChI=1S/C19H14NSi.C19H24N.Ir/c1-21(2)15-9-3-6-12-13-8-5-11-20-19(13)14-7-4-10-16(21)18(14)17(12)15;1-18(2,3)15-9-7-8-14(12-15)17-13-16(10-11-20-17)19(4,5)6;/h3-6,8-11H,1-2H3;7,9-13H,1-6H3;/q2*-1;. The molecular weight excluding hydrogens is 705 g/mol. The van der Waals surface area contributed by atoms with Crippen molar-refractivity contribution in [1.29, 1.82) is 0 Å². The predicted molar refractivity (Wildman–Crippen MR) is 178 cm³/mol. The van der Waals surface area contributed by atoms with E-state index in [4.69, 9.17) is 0 Å². The fraction of sp³-hybridized carbons (Fsp3) is 0.263. The average Bonchev–Trinajstić information content (AvgIpc) is 3.19. The summed E-state index contributed by atoms with van der Waals surface area (Å²) in [4.78, 5) is 9.17. The van der Waals surface area contributed by atoms with Gasteiger partial charge in [0.25, 0.3) is 0 Å². The normalized spacial score (nSPS) is 13.7. The maximum Gasteiger partial charge on any atom is 0.0932 e. The van der Waals surface area contributed by atoms with Crippen LogP contribution >= 0.6 is 0 Å². The van der Waals surface area contributed by atoms with E-state index in [-0.39, 0.29) is 30.9 Å². The minimum Gasteiger partial charge on any atom is -0.305 e. The number of pyridine rings is 2. The van der Waals surface area contributed by atoms with Crippen molar-refractivity contribution < 1.29 is 20.1 Å². The van der Waals surface area contributed by atoms with E-state index < -0.39 is 8.07 Å². The molecule has 0 unspecified atom stereocenters. The van der Waals surface area contributed by atoms with Gasteiger partial charge in [0, 0.05) is 32.5 Å². The van der Waals surface area contributed by atoms with E-state index in [1.807, 2.05) is 24.5 Å². The van der Waals surface area contributed by atoms with E-state index in [1.54, 1.807) is 5.19 Å². The minimum atomic E-state index is -1.59. The Morgan fingerprint density at radius 1 is 0.643 bits per heavy atom. The molecule has 0 saturated carbocycles. The van der Waals surface area contributed by atoms with Gasteiger partial charge in [-0.3, -0.25) is 0 Å². The van der Waals surface area contributed by atoms with Crippen molar-refractivity contribution in [2.24, 2.45) is 0 Å². The minimum absolute atomic E-state index is 0. The van der Waals surface area contributed by atoms with Crippen molar-refractivity contribution in [3.63, 3.8) is 0 Å². The summed E-state index contributed by atoms with van der Waals surface area (Å²) < 4.78 is 0. The van der Waals surface area contributed by atoms with Crippen molar-refractivity contribution in [3.8, 4) is 11.3 Å². The summed E-state index contributed by atoms with van der Waals surface area (Å²) in [5, 5.41) is 9.76. The number of fused-ring (bicyclic) bond motifs is 3. The molecule has 6 aromatic rings. The van der Waals surface area contributed by atoms with Crippen LogP contribution in [0.3, 0.4) is 0 Å². The first-order valence-electron chi connectivity index (χ1n) is 14.5. The summed E-state index contributed by atoms with van der Waals surface area (Å²) in [6.07, 6.45) is 3.78. The predicted octanol–water partition coefficient (Wildman–Crippen LogP) is 8.62. The summed E-state index contributed by atoms with van der Waals surface area (Å²) in [7, 11) is -1.59. The average molecular weight is 743 g/mol. The molecular formula is C38H38IrN2Si-2. The number of aromatic nitrogens is 2. The zero-order valence-corrected chi connectivity index (χ0v) is 29.2. The van der Waals surface area contributed by atoms with Gasteiger partial charge in [-0.05, 0) is 50.5 Å². The molecule has 1 aliphatic rings. The molecule has 215 valence electrons. The summed E-state index contributed by atoms with van der Waals surface area (Å²) in [5.41, 5.74) is 6.06. The maximum atomic E-state index is 4.66. The fourth-order valence-electron chi connectivity index (χ4n) is 6.12. The van der Waals surface area contributed by atoms with E-state index >= 15 is 0 Å². The topological polar surface area (TPSA) is 25.8 Å². The molecule has 4 heteroatoms. The molecule has 3 heterocycles. The van der Waals surface area contributed by atoms with E-state index in [0.29, 0.717) is 0 Å². The van der Waals surface area contributed by atoms with Crippen LogP contribution in [0.2, 0.25) is 13.1 Å². The Morgan fingerprint density at radius 2 is 1.31 bits per heavy atom. The van der Waals surface area contributed by atoms with Gasteiger partial charge in [-0.2, -0.15) is 0 Å². The van der Waals surface area contributed by atoms with Crippen molar-refractivity contribution in [2.45, 2.75) is 65.5 Å². The number of rotatable bonds is 1. The van der Waals surface area contributed by atoms with Crippen molar-refractivity contribution in [1.82, 2.24) is 9.97 Å². The Morgan fingerprint density at radius 3 is 2.05 bits per heavy atom. The third-order valence-corrected chi connectivity index (χ3v) is 12.1. The van der Waals surface area contributed by atoms with E-state index in [1.165, 1.54) is 43.2 Å². The van der Waals surface area contributed by atoms with Crippen LogP contribution in [-0.4, -0.2) is 18.0 Å². The summed E-state index contributed by atoms with van der Waals surface area (Å²) >= 11 is 0. The number of benzene rings is 4. The molecule has 0 aliphatic carbocycles. The molecule has 0 amide bonds. The first-order valence-corrected chi connectivity index (χ1v) is 17.5. The fourth-order valence-corrected chi connectivity index (χ4v) is 9.19. The Labute approximate surface area is 265 Å². The molecule has 42 heavy (non-hydrogen) atoms. The first-order chi connectivity index (χ1) is 19.4. The Bertz CT molecular complexity index is 1800. The van der Waals surface area contributed by atoms with Gasteiger partial charge >= 0.3 is 0 Å². The van der Waals surface area contributed by atoms with Crippen LogP contribution in [0.5, 0.6) is 0 Å². The molecule has 0 fully saturated rings. The van der Waals surface area contributed by atoms with Crippen LogP contribution in [0.1, 0.15) is 52.7 Å². The van der Waals surface area contributed by atoms with Gasteiger partial charge in [-0.25, -0.2) is 0 Å². The maximum absolute atomic E-state index is 4.66. The van der Waals surface area contributed by atoms with Crippen LogP contribution in [0.25, 0.3) is 43.7 Å². The number of hydrogen-bond acceptors (Lipinski definition) is 2. The molecule has 2 aromatic heterocycles.